The molecule has 4 nitrogen and oxygen atoms in total. The van der Waals surface area contributed by atoms with E-state index in [4.69, 9.17) is 10.5 Å². The summed E-state index contributed by atoms with van der Waals surface area (Å²) in [5.74, 6) is 1.06. The number of carbonyl (C=O) groups excluding carboxylic acids is 1. The van der Waals surface area contributed by atoms with E-state index >= 15 is 0 Å². The number of nitrogens with zero attached hydrogens (tertiary/aromatic N) is 1. The molecule has 0 fully saturated rings. The summed E-state index contributed by atoms with van der Waals surface area (Å²) in [6.45, 7) is 3.23. The molecule has 1 amide bonds. The van der Waals surface area contributed by atoms with E-state index in [2.05, 4.69) is 6.07 Å². The summed E-state index contributed by atoms with van der Waals surface area (Å²) >= 11 is 0. The molecule has 0 saturated carbocycles. The predicted octanol–water partition coefficient (Wildman–Crippen LogP) is 1.32. The monoisotopic (exact) mass is 248 g/mol. The van der Waals surface area contributed by atoms with Gasteiger partial charge in [0, 0.05) is 32.5 Å². The smallest absolute Gasteiger partial charge is 0.224 e. The summed E-state index contributed by atoms with van der Waals surface area (Å²) in [5.41, 5.74) is 8.01. The van der Waals surface area contributed by atoms with Gasteiger partial charge in [0.15, 0.2) is 0 Å². The minimum atomic E-state index is -0.0895. The van der Waals surface area contributed by atoms with Crippen LogP contribution in [0.4, 0.5) is 0 Å². The molecule has 2 rings (SSSR count). The topological polar surface area (TPSA) is 55.6 Å². The van der Waals surface area contributed by atoms with Crippen LogP contribution in [0.3, 0.4) is 0 Å². The van der Waals surface area contributed by atoms with Crippen LogP contribution in [-0.4, -0.2) is 30.5 Å². The van der Waals surface area contributed by atoms with E-state index < -0.39 is 0 Å². The highest BCUT2D eigenvalue weighted by Gasteiger charge is 2.15. The van der Waals surface area contributed by atoms with Gasteiger partial charge in [-0.15, -0.1) is 0 Å². The minimum Gasteiger partial charge on any atom is -0.493 e. The molecule has 1 aliphatic rings. The predicted molar refractivity (Wildman–Crippen MR) is 70.4 cm³/mol. The van der Waals surface area contributed by atoms with Gasteiger partial charge in [0.25, 0.3) is 0 Å². The second-order valence-corrected chi connectivity index (χ2v) is 4.97. The third kappa shape index (κ3) is 3.01. The Morgan fingerprint density at radius 1 is 1.56 bits per heavy atom. The molecule has 0 aromatic heterocycles. The van der Waals surface area contributed by atoms with Crippen LogP contribution in [0, 0.1) is 0 Å². The lowest BCUT2D eigenvalue weighted by Crippen LogP contribution is -2.31. The quantitative estimate of drug-likeness (QED) is 0.874. The van der Waals surface area contributed by atoms with Crippen molar-refractivity contribution in [2.24, 2.45) is 5.73 Å². The van der Waals surface area contributed by atoms with Gasteiger partial charge in [0.05, 0.1) is 6.61 Å². The van der Waals surface area contributed by atoms with Crippen molar-refractivity contribution in [3.63, 3.8) is 0 Å². The van der Waals surface area contributed by atoms with E-state index in [1.807, 2.05) is 26.1 Å². The van der Waals surface area contributed by atoms with Crippen molar-refractivity contribution in [2.75, 3.05) is 13.7 Å². The van der Waals surface area contributed by atoms with Crippen LogP contribution in [-0.2, 0) is 17.8 Å². The summed E-state index contributed by atoms with van der Waals surface area (Å²) in [6, 6.07) is 6.03. The SMILES string of the molecule is CC(N)CC(=O)N(C)Cc1ccc2c(c1)CCO2. The molecular weight excluding hydrogens is 228 g/mol. The molecule has 1 aliphatic heterocycles. The van der Waals surface area contributed by atoms with Crippen LogP contribution in [0.2, 0.25) is 0 Å². The van der Waals surface area contributed by atoms with Crippen molar-refractivity contribution in [1.82, 2.24) is 4.90 Å². The molecule has 18 heavy (non-hydrogen) atoms. The van der Waals surface area contributed by atoms with Crippen molar-refractivity contribution in [3.05, 3.63) is 29.3 Å². The fraction of sp³-hybridized carbons (Fsp3) is 0.500. The van der Waals surface area contributed by atoms with Crippen LogP contribution in [0.25, 0.3) is 0 Å². The van der Waals surface area contributed by atoms with Gasteiger partial charge in [-0.2, -0.15) is 0 Å². The molecule has 0 radical (unpaired) electrons. The minimum absolute atomic E-state index is 0.0850. The maximum atomic E-state index is 11.8. The average Bonchev–Trinajstić information content (AvgIpc) is 2.75. The van der Waals surface area contributed by atoms with Crippen molar-refractivity contribution in [1.29, 1.82) is 0 Å². The first-order valence-electron chi connectivity index (χ1n) is 6.30. The molecule has 0 aliphatic carbocycles. The lowest BCUT2D eigenvalue weighted by Gasteiger charge is -2.18. The standard InChI is InChI=1S/C14H20N2O2/c1-10(15)7-14(17)16(2)9-11-3-4-13-12(8-11)5-6-18-13/h3-4,8,10H,5-7,9,15H2,1-2H3. The van der Waals surface area contributed by atoms with Gasteiger partial charge in [-0.3, -0.25) is 4.79 Å². The Balaban J connectivity index is 1.99. The van der Waals surface area contributed by atoms with Crippen LogP contribution in [0.15, 0.2) is 18.2 Å². The highest BCUT2D eigenvalue weighted by Crippen LogP contribution is 2.26. The summed E-state index contributed by atoms with van der Waals surface area (Å²) in [4.78, 5) is 13.5. The van der Waals surface area contributed by atoms with Gasteiger partial charge >= 0.3 is 0 Å². The Morgan fingerprint density at radius 3 is 3.06 bits per heavy atom. The molecule has 0 bridgehead atoms. The van der Waals surface area contributed by atoms with Crippen LogP contribution < -0.4 is 10.5 Å². The first-order chi connectivity index (χ1) is 8.56. The van der Waals surface area contributed by atoms with Gasteiger partial charge in [-0.25, -0.2) is 0 Å². The highest BCUT2D eigenvalue weighted by atomic mass is 16.5. The molecule has 0 saturated heterocycles. The second kappa shape index (κ2) is 5.40. The number of hydrogen-bond donors (Lipinski definition) is 1. The first-order valence-corrected chi connectivity index (χ1v) is 6.30. The molecular formula is C14H20N2O2. The second-order valence-electron chi connectivity index (χ2n) is 4.97. The van der Waals surface area contributed by atoms with E-state index in [0.29, 0.717) is 13.0 Å². The number of carbonyl (C=O) groups is 1. The van der Waals surface area contributed by atoms with Gasteiger partial charge in [0.2, 0.25) is 5.91 Å². The molecule has 4 heteroatoms. The Hall–Kier alpha value is -1.55. The average molecular weight is 248 g/mol. The number of nitrogens with two attached hydrogens (primary N) is 1. The van der Waals surface area contributed by atoms with Crippen LogP contribution in [0.1, 0.15) is 24.5 Å². The van der Waals surface area contributed by atoms with Crippen LogP contribution in [0.5, 0.6) is 5.75 Å². The number of hydrogen-bond acceptors (Lipinski definition) is 3. The molecule has 98 valence electrons. The van der Waals surface area contributed by atoms with Crippen molar-refractivity contribution < 1.29 is 9.53 Å². The summed E-state index contributed by atoms with van der Waals surface area (Å²) in [5, 5.41) is 0. The van der Waals surface area contributed by atoms with E-state index in [1.54, 1.807) is 4.90 Å². The van der Waals surface area contributed by atoms with Gasteiger partial charge < -0.3 is 15.4 Å². The summed E-state index contributed by atoms with van der Waals surface area (Å²) in [6.07, 6.45) is 1.35. The lowest BCUT2D eigenvalue weighted by molar-refractivity contribution is -0.130. The largest absolute Gasteiger partial charge is 0.493 e. The molecule has 1 aromatic rings. The molecule has 1 atom stereocenters. The zero-order chi connectivity index (χ0) is 13.1. The molecule has 1 unspecified atom stereocenters. The maximum absolute atomic E-state index is 11.8. The van der Waals surface area contributed by atoms with Crippen LogP contribution >= 0.6 is 0 Å². The molecule has 1 heterocycles. The van der Waals surface area contributed by atoms with Crippen molar-refractivity contribution in [3.8, 4) is 5.75 Å². The van der Waals surface area contributed by atoms with E-state index in [1.165, 1.54) is 5.56 Å². The summed E-state index contributed by atoms with van der Waals surface area (Å²) in [7, 11) is 1.81. The Labute approximate surface area is 108 Å². The third-order valence-corrected chi connectivity index (χ3v) is 3.10. The van der Waals surface area contributed by atoms with E-state index in [0.717, 1.165) is 24.3 Å². The van der Waals surface area contributed by atoms with E-state index in [9.17, 15) is 4.79 Å². The van der Waals surface area contributed by atoms with Gasteiger partial charge in [0.1, 0.15) is 5.75 Å². The summed E-state index contributed by atoms with van der Waals surface area (Å²) < 4.78 is 5.46. The zero-order valence-electron chi connectivity index (χ0n) is 11.0. The van der Waals surface area contributed by atoms with E-state index in [-0.39, 0.29) is 11.9 Å². The lowest BCUT2D eigenvalue weighted by atomic mass is 10.1. The Bertz CT molecular complexity index is 443. The fourth-order valence-electron chi connectivity index (χ4n) is 2.13. The first kappa shape index (κ1) is 12.9. The number of fused-ring (bicyclic) bond motifs is 1. The Morgan fingerprint density at radius 2 is 2.33 bits per heavy atom. The number of benzene rings is 1. The maximum Gasteiger partial charge on any atom is 0.224 e. The molecule has 1 aromatic carbocycles. The zero-order valence-corrected chi connectivity index (χ0v) is 11.0. The van der Waals surface area contributed by atoms with Gasteiger partial charge in [-0.05, 0) is 24.1 Å². The highest BCUT2D eigenvalue weighted by molar-refractivity contribution is 5.76. The van der Waals surface area contributed by atoms with Crippen molar-refractivity contribution in [2.45, 2.75) is 32.4 Å². The third-order valence-electron chi connectivity index (χ3n) is 3.10. The number of rotatable bonds is 4. The molecule has 2 N–H and O–H groups in total. The molecule has 0 spiro atoms. The van der Waals surface area contributed by atoms with Crippen molar-refractivity contribution >= 4 is 5.91 Å². The number of amides is 1. The number of ether oxygens (including phenoxy) is 1. The Kier molecular flexibility index (Phi) is 3.87. The van der Waals surface area contributed by atoms with Gasteiger partial charge in [-0.1, -0.05) is 12.1 Å². The fourth-order valence-corrected chi connectivity index (χ4v) is 2.13. The normalized spacial score (nSPS) is 14.8.